The summed E-state index contributed by atoms with van der Waals surface area (Å²) in [6.07, 6.45) is 6.38. The first kappa shape index (κ1) is 15.0. The van der Waals surface area contributed by atoms with Gasteiger partial charge < -0.3 is 14.7 Å². The Balaban J connectivity index is 1.46. The van der Waals surface area contributed by atoms with E-state index in [1.807, 2.05) is 18.2 Å². The third-order valence-electron chi connectivity index (χ3n) is 5.28. The molecule has 3 nitrogen and oxygen atoms in total. The largest absolute Gasteiger partial charge is 0.390 e. The smallest absolute Gasteiger partial charge is 0.0716 e. The number of nitrogens with zero attached hydrogens (tertiary/aromatic N) is 1. The van der Waals surface area contributed by atoms with E-state index in [0.29, 0.717) is 25.3 Å². The molecule has 2 bridgehead atoms. The minimum absolute atomic E-state index is 0.515. The first-order chi connectivity index (χ1) is 10.2. The fourth-order valence-electron chi connectivity index (χ4n) is 3.98. The van der Waals surface area contributed by atoms with Gasteiger partial charge in [-0.05, 0) is 44.7 Å². The van der Waals surface area contributed by atoms with E-state index in [2.05, 4.69) is 24.1 Å². The molecule has 0 aromatic heterocycles. The summed E-state index contributed by atoms with van der Waals surface area (Å²) in [5, 5.41) is 10.9. The minimum atomic E-state index is -0.515. The predicted octanol–water partition coefficient (Wildman–Crippen LogP) is 2.97. The van der Waals surface area contributed by atoms with Crippen LogP contribution in [-0.4, -0.2) is 41.3 Å². The number of hydrogen-bond acceptors (Lipinski definition) is 3. The number of ether oxygens (including phenoxy) is 1. The van der Waals surface area contributed by atoms with E-state index in [-0.39, 0.29) is 0 Å². The minimum Gasteiger partial charge on any atom is -0.390 e. The second kappa shape index (κ2) is 6.47. The Labute approximate surface area is 127 Å². The molecule has 116 valence electrons. The predicted molar refractivity (Wildman–Crippen MR) is 84.1 cm³/mol. The quantitative estimate of drug-likeness (QED) is 0.846. The van der Waals surface area contributed by atoms with Crippen LogP contribution in [-0.2, 0) is 11.3 Å². The standard InChI is InChI=1S/C18H27NO2/c1-19-16-8-5-9-17(19)13-18(20,12-16)10-11-21-14-15-6-3-2-4-7-15/h2-4,6-7,16-17,20H,5,8-14H2,1H3. The Morgan fingerprint density at radius 3 is 2.52 bits per heavy atom. The Kier molecular flexibility index (Phi) is 4.63. The zero-order valence-electron chi connectivity index (χ0n) is 13.0. The van der Waals surface area contributed by atoms with E-state index < -0.39 is 5.60 Å². The number of benzene rings is 1. The average Bonchev–Trinajstić information content (AvgIpc) is 2.47. The van der Waals surface area contributed by atoms with Crippen molar-refractivity contribution in [3.05, 3.63) is 35.9 Å². The number of piperidine rings is 2. The summed E-state index contributed by atoms with van der Waals surface area (Å²) >= 11 is 0. The van der Waals surface area contributed by atoms with Gasteiger partial charge in [0.2, 0.25) is 0 Å². The van der Waals surface area contributed by atoms with E-state index in [1.54, 1.807) is 0 Å². The zero-order chi connectivity index (χ0) is 14.7. The van der Waals surface area contributed by atoms with E-state index in [0.717, 1.165) is 19.3 Å². The van der Waals surface area contributed by atoms with E-state index >= 15 is 0 Å². The van der Waals surface area contributed by atoms with Crippen LogP contribution in [0.2, 0.25) is 0 Å². The molecule has 2 unspecified atom stereocenters. The summed E-state index contributed by atoms with van der Waals surface area (Å²) in [5.41, 5.74) is 0.684. The maximum absolute atomic E-state index is 10.9. The molecule has 2 atom stereocenters. The number of hydrogen-bond donors (Lipinski definition) is 1. The van der Waals surface area contributed by atoms with Crippen molar-refractivity contribution in [3.8, 4) is 0 Å². The van der Waals surface area contributed by atoms with Gasteiger partial charge in [-0.1, -0.05) is 36.8 Å². The topological polar surface area (TPSA) is 32.7 Å². The second-order valence-corrected chi connectivity index (χ2v) is 6.82. The highest BCUT2D eigenvalue weighted by atomic mass is 16.5. The zero-order valence-corrected chi connectivity index (χ0v) is 13.0. The van der Waals surface area contributed by atoms with Crippen LogP contribution in [0.5, 0.6) is 0 Å². The number of rotatable bonds is 5. The fourth-order valence-corrected chi connectivity index (χ4v) is 3.98. The van der Waals surface area contributed by atoms with E-state index in [9.17, 15) is 5.11 Å². The van der Waals surface area contributed by atoms with Gasteiger partial charge in [0.05, 0.1) is 12.2 Å². The van der Waals surface area contributed by atoms with Gasteiger partial charge in [-0.2, -0.15) is 0 Å². The van der Waals surface area contributed by atoms with Crippen molar-refractivity contribution in [1.29, 1.82) is 0 Å². The van der Waals surface area contributed by atoms with Crippen molar-refractivity contribution in [2.24, 2.45) is 0 Å². The van der Waals surface area contributed by atoms with Crippen molar-refractivity contribution in [3.63, 3.8) is 0 Å². The molecule has 0 saturated carbocycles. The van der Waals surface area contributed by atoms with Crippen molar-refractivity contribution >= 4 is 0 Å². The molecule has 21 heavy (non-hydrogen) atoms. The lowest BCUT2D eigenvalue weighted by Crippen LogP contribution is -2.56. The second-order valence-electron chi connectivity index (χ2n) is 6.82. The van der Waals surface area contributed by atoms with Crippen molar-refractivity contribution < 1.29 is 9.84 Å². The van der Waals surface area contributed by atoms with Crippen LogP contribution in [0.15, 0.2) is 30.3 Å². The monoisotopic (exact) mass is 289 g/mol. The van der Waals surface area contributed by atoms with Crippen molar-refractivity contribution in [2.75, 3.05) is 13.7 Å². The van der Waals surface area contributed by atoms with E-state index in [4.69, 9.17) is 4.74 Å². The maximum atomic E-state index is 10.9. The lowest BCUT2D eigenvalue weighted by atomic mass is 9.74. The molecule has 3 heteroatoms. The summed E-state index contributed by atoms with van der Waals surface area (Å²) in [7, 11) is 2.22. The van der Waals surface area contributed by atoms with Gasteiger partial charge in [-0.25, -0.2) is 0 Å². The fraction of sp³-hybridized carbons (Fsp3) is 0.667. The lowest BCUT2D eigenvalue weighted by Gasteiger charge is -2.50. The van der Waals surface area contributed by atoms with Gasteiger partial charge >= 0.3 is 0 Å². The average molecular weight is 289 g/mol. The SMILES string of the molecule is CN1C2CCCC1CC(O)(CCOCc1ccccc1)C2. The number of aliphatic hydroxyl groups is 1. The Bertz CT molecular complexity index is 434. The molecule has 2 saturated heterocycles. The molecule has 2 aliphatic heterocycles. The molecule has 1 N–H and O–H groups in total. The van der Waals surface area contributed by atoms with E-state index in [1.165, 1.54) is 24.8 Å². The van der Waals surface area contributed by atoms with Crippen LogP contribution in [0.25, 0.3) is 0 Å². The summed E-state index contributed by atoms with van der Waals surface area (Å²) in [6.45, 7) is 1.29. The Hall–Kier alpha value is -0.900. The summed E-state index contributed by atoms with van der Waals surface area (Å²) in [5.74, 6) is 0. The molecular weight excluding hydrogens is 262 g/mol. The maximum Gasteiger partial charge on any atom is 0.0716 e. The lowest BCUT2D eigenvalue weighted by molar-refractivity contribution is -0.0973. The van der Waals surface area contributed by atoms with Crippen LogP contribution in [0.4, 0.5) is 0 Å². The molecule has 0 spiro atoms. The molecule has 0 aliphatic carbocycles. The normalized spacial score (nSPS) is 33.0. The summed E-state index contributed by atoms with van der Waals surface area (Å²) < 4.78 is 5.76. The van der Waals surface area contributed by atoms with Crippen LogP contribution in [0, 0.1) is 0 Å². The first-order valence-electron chi connectivity index (χ1n) is 8.22. The van der Waals surface area contributed by atoms with Gasteiger partial charge in [-0.15, -0.1) is 0 Å². The van der Waals surface area contributed by atoms with Gasteiger partial charge in [0.25, 0.3) is 0 Å². The molecule has 3 rings (SSSR count). The van der Waals surface area contributed by atoms with Gasteiger partial charge in [-0.3, -0.25) is 0 Å². The highest BCUT2D eigenvalue weighted by molar-refractivity contribution is 5.13. The van der Waals surface area contributed by atoms with Gasteiger partial charge in [0.15, 0.2) is 0 Å². The summed E-state index contributed by atoms with van der Waals surface area (Å²) in [4.78, 5) is 2.49. The molecule has 0 amide bonds. The third kappa shape index (κ3) is 3.65. The molecular formula is C18H27NO2. The molecule has 1 aromatic carbocycles. The van der Waals surface area contributed by atoms with Gasteiger partial charge in [0, 0.05) is 18.7 Å². The highest BCUT2D eigenvalue weighted by Crippen LogP contribution is 2.39. The molecule has 2 aliphatic rings. The molecule has 1 aromatic rings. The molecule has 2 heterocycles. The van der Waals surface area contributed by atoms with Crippen LogP contribution in [0.3, 0.4) is 0 Å². The van der Waals surface area contributed by atoms with Gasteiger partial charge in [0.1, 0.15) is 0 Å². The summed E-state index contributed by atoms with van der Waals surface area (Å²) in [6, 6.07) is 11.4. The van der Waals surface area contributed by atoms with Crippen LogP contribution in [0.1, 0.15) is 44.1 Å². The van der Waals surface area contributed by atoms with Crippen molar-refractivity contribution in [2.45, 2.75) is 62.8 Å². The van der Waals surface area contributed by atoms with Crippen LogP contribution < -0.4 is 0 Å². The first-order valence-corrected chi connectivity index (χ1v) is 8.22. The van der Waals surface area contributed by atoms with Crippen LogP contribution >= 0.6 is 0 Å². The molecule has 0 radical (unpaired) electrons. The molecule has 2 fully saturated rings. The van der Waals surface area contributed by atoms with Crippen molar-refractivity contribution in [1.82, 2.24) is 4.90 Å². The highest BCUT2D eigenvalue weighted by Gasteiger charge is 2.43. The number of fused-ring (bicyclic) bond motifs is 2. The third-order valence-corrected chi connectivity index (χ3v) is 5.28. The Morgan fingerprint density at radius 1 is 1.19 bits per heavy atom. The Morgan fingerprint density at radius 2 is 1.86 bits per heavy atom.